The quantitative estimate of drug-likeness (QED) is 0.651. The molecule has 0 atom stereocenters. The summed E-state index contributed by atoms with van der Waals surface area (Å²) in [6.07, 6.45) is 4.00. The van der Waals surface area contributed by atoms with Crippen LogP contribution in [0.5, 0.6) is 0 Å². The summed E-state index contributed by atoms with van der Waals surface area (Å²) >= 11 is 7.33. The van der Waals surface area contributed by atoms with Crippen molar-refractivity contribution >= 4 is 39.1 Å². The monoisotopic (exact) mass is 208 g/mol. The van der Waals surface area contributed by atoms with E-state index in [2.05, 4.69) is 29.6 Å². The van der Waals surface area contributed by atoms with E-state index < -0.39 is 0 Å². The lowest BCUT2D eigenvalue weighted by Gasteiger charge is -1.93. The zero-order valence-electron chi connectivity index (χ0n) is 7.03. The van der Waals surface area contributed by atoms with E-state index in [0.29, 0.717) is 5.88 Å². The average Bonchev–Trinajstić information content (AvgIpc) is 2.61. The summed E-state index contributed by atoms with van der Waals surface area (Å²) in [5.74, 6) is 0.571. The molecule has 0 saturated carbocycles. The first-order valence-corrected chi connectivity index (χ1v) is 5.51. The minimum absolute atomic E-state index is 0.571. The fourth-order valence-corrected chi connectivity index (χ4v) is 2.13. The molecule has 2 aromatic rings. The zero-order chi connectivity index (χ0) is 9.10. The van der Waals surface area contributed by atoms with E-state index in [-0.39, 0.29) is 0 Å². The van der Waals surface area contributed by atoms with Gasteiger partial charge in [-0.2, -0.15) is 0 Å². The average molecular weight is 209 g/mol. The van der Waals surface area contributed by atoms with Crippen LogP contribution >= 0.6 is 22.9 Å². The van der Waals surface area contributed by atoms with Gasteiger partial charge in [0, 0.05) is 10.6 Å². The minimum atomic E-state index is 0.571. The molecule has 0 aliphatic rings. The Morgan fingerprint density at radius 2 is 2.23 bits per heavy atom. The van der Waals surface area contributed by atoms with Crippen molar-refractivity contribution in [3.05, 3.63) is 41.3 Å². The smallest absolute Gasteiger partial charge is 0.0407 e. The van der Waals surface area contributed by atoms with E-state index in [1.54, 1.807) is 11.3 Å². The van der Waals surface area contributed by atoms with Crippen molar-refractivity contribution in [2.45, 2.75) is 0 Å². The van der Waals surface area contributed by atoms with Crippen molar-refractivity contribution in [3.63, 3.8) is 0 Å². The van der Waals surface area contributed by atoms with Crippen molar-refractivity contribution < 1.29 is 0 Å². The molecule has 0 amide bonds. The maximum absolute atomic E-state index is 5.56. The van der Waals surface area contributed by atoms with Crippen molar-refractivity contribution in [2.75, 3.05) is 5.88 Å². The summed E-state index contributed by atoms with van der Waals surface area (Å²) in [7, 11) is 0. The van der Waals surface area contributed by atoms with E-state index in [1.165, 1.54) is 15.6 Å². The van der Waals surface area contributed by atoms with E-state index in [1.807, 2.05) is 12.2 Å². The standard InChI is InChI=1S/C11H9ClS/c12-6-1-2-9-3-4-11-10(8-9)5-7-13-11/h1-5,7-8H,6H2/b2-1+. The molecule has 1 heterocycles. The molecule has 13 heavy (non-hydrogen) atoms. The van der Waals surface area contributed by atoms with E-state index in [4.69, 9.17) is 11.6 Å². The van der Waals surface area contributed by atoms with Gasteiger partial charge in [-0.1, -0.05) is 18.2 Å². The molecule has 1 aromatic heterocycles. The summed E-state index contributed by atoms with van der Waals surface area (Å²) in [6, 6.07) is 8.57. The van der Waals surface area contributed by atoms with Crippen LogP contribution in [0.3, 0.4) is 0 Å². The van der Waals surface area contributed by atoms with E-state index in [0.717, 1.165) is 0 Å². The van der Waals surface area contributed by atoms with Crippen LogP contribution in [0.15, 0.2) is 35.7 Å². The largest absolute Gasteiger partial charge is 0.144 e. The maximum atomic E-state index is 5.56. The number of fused-ring (bicyclic) bond motifs is 1. The second kappa shape index (κ2) is 3.95. The molecular formula is C11H9ClS. The fraction of sp³-hybridized carbons (Fsp3) is 0.0909. The highest BCUT2D eigenvalue weighted by molar-refractivity contribution is 7.17. The molecule has 0 N–H and O–H groups in total. The van der Waals surface area contributed by atoms with Gasteiger partial charge in [0.2, 0.25) is 0 Å². The van der Waals surface area contributed by atoms with Crippen molar-refractivity contribution in [2.24, 2.45) is 0 Å². The Morgan fingerprint density at radius 3 is 3.08 bits per heavy atom. The number of alkyl halides is 1. The lowest BCUT2D eigenvalue weighted by Crippen LogP contribution is -1.70. The molecule has 66 valence electrons. The Labute approximate surface area is 86.5 Å². The van der Waals surface area contributed by atoms with Gasteiger partial charge in [-0.25, -0.2) is 0 Å². The third-order valence-corrected chi connectivity index (χ3v) is 2.95. The van der Waals surface area contributed by atoms with Crippen LogP contribution in [0.25, 0.3) is 16.2 Å². The Kier molecular flexibility index (Phi) is 2.67. The Bertz CT molecular complexity index is 428. The third kappa shape index (κ3) is 1.93. The second-order valence-corrected chi connectivity index (χ2v) is 4.03. The van der Waals surface area contributed by atoms with Gasteiger partial charge in [0.1, 0.15) is 0 Å². The SMILES string of the molecule is ClC/C=C/c1ccc2sccc2c1. The summed E-state index contributed by atoms with van der Waals surface area (Å²) in [6.45, 7) is 0. The zero-order valence-corrected chi connectivity index (χ0v) is 8.61. The molecule has 0 aliphatic carbocycles. The molecule has 0 spiro atoms. The van der Waals surface area contributed by atoms with Crippen LogP contribution in [-0.2, 0) is 0 Å². The molecule has 0 unspecified atom stereocenters. The molecular weight excluding hydrogens is 200 g/mol. The number of hydrogen-bond acceptors (Lipinski definition) is 1. The predicted molar refractivity (Wildman–Crippen MR) is 61.6 cm³/mol. The van der Waals surface area contributed by atoms with Crippen LogP contribution in [-0.4, -0.2) is 5.88 Å². The Morgan fingerprint density at radius 1 is 1.31 bits per heavy atom. The normalized spacial score (nSPS) is 11.5. The number of thiophene rings is 1. The van der Waals surface area contributed by atoms with Crippen molar-refractivity contribution in [3.8, 4) is 0 Å². The number of halogens is 1. The summed E-state index contributed by atoms with van der Waals surface area (Å²) < 4.78 is 1.34. The highest BCUT2D eigenvalue weighted by atomic mass is 35.5. The van der Waals surface area contributed by atoms with Crippen LogP contribution in [0.2, 0.25) is 0 Å². The molecule has 0 radical (unpaired) electrons. The number of rotatable bonds is 2. The first-order valence-electron chi connectivity index (χ1n) is 4.10. The number of allylic oxidation sites excluding steroid dienone is 1. The van der Waals surface area contributed by atoms with Crippen molar-refractivity contribution in [1.29, 1.82) is 0 Å². The molecule has 2 heteroatoms. The van der Waals surface area contributed by atoms with Crippen molar-refractivity contribution in [1.82, 2.24) is 0 Å². The first-order chi connectivity index (χ1) is 6.40. The van der Waals surface area contributed by atoms with Crippen LogP contribution in [0.1, 0.15) is 5.56 Å². The lowest BCUT2D eigenvalue weighted by molar-refractivity contribution is 1.72. The predicted octanol–water partition coefficient (Wildman–Crippen LogP) is 4.15. The lowest BCUT2D eigenvalue weighted by atomic mass is 10.1. The summed E-state index contributed by atoms with van der Waals surface area (Å²) in [5, 5.41) is 3.42. The molecule has 0 fully saturated rings. The summed E-state index contributed by atoms with van der Waals surface area (Å²) in [4.78, 5) is 0. The minimum Gasteiger partial charge on any atom is -0.144 e. The molecule has 1 aromatic carbocycles. The van der Waals surface area contributed by atoms with Gasteiger partial charge in [0.25, 0.3) is 0 Å². The Balaban J connectivity index is 2.42. The molecule has 0 nitrogen and oxygen atoms in total. The van der Waals surface area contributed by atoms with Crippen LogP contribution in [0, 0.1) is 0 Å². The van der Waals surface area contributed by atoms with Gasteiger partial charge in [0.15, 0.2) is 0 Å². The van der Waals surface area contributed by atoms with Gasteiger partial charge < -0.3 is 0 Å². The first kappa shape index (κ1) is 8.79. The fourth-order valence-electron chi connectivity index (χ4n) is 1.27. The topological polar surface area (TPSA) is 0 Å². The number of hydrogen-bond donors (Lipinski definition) is 0. The van der Waals surface area contributed by atoms with Gasteiger partial charge in [-0.3, -0.25) is 0 Å². The Hall–Kier alpha value is -0.790. The second-order valence-electron chi connectivity index (χ2n) is 2.77. The third-order valence-electron chi connectivity index (χ3n) is 1.88. The summed E-state index contributed by atoms with van der Waals surface area (Å²) in [5.41, 5.74) is 1.21. The number of benzene rings is 1. The van der Waals surface area contributed by atoms with Crippen LogP contribution in [0.4, 0.5) is 0 Å². The van der Waals surface area contributed by atoms with E-state index >= 15 is 0 Å². The van der Waals surface area contributed by atoms with Crippen LogP contribution < -0.4 is 0 Å². The van der Waals surface area contributed by atoms with Gasteiger partial charge in [-0.05, 0) is 34.5 Å². The highest BCUT2D eigenvalue weighted by Gasteiger charge is 1.93. The highest BCUT2D eigenvalue weighted by Crippen LogP contribution is 2.22. The van der Waals surface area contributed by atoms with Gasteiger partial charge in [0.05, 0.1) is 0 Å². The molecule has 0 saturated heterocycles. The molecule has 2 rings (SSSR count). The van der Waals surface area contributed by atoms with Gasteiger partial charge in [-0.15, -0.1) is 22.9 Å². The maximum Gasteiger partial charge on any atom is 0.0407 e. The van der Waals surface area contributed by atoms with Gasteiger partial charge >= 0.3 is 0 Å². The van der Waals surface area contributed by atoms with E-state index in [9.17, 15) is 0 Å². The molecule has 0 aliphatic heterocycles. The molecule has 0 bridgehead atoms.